The van der Waals surface area contributed by atoms with Crippen molar-refractivity contribution >= 4 is 41.1 Å². The molecule has 8 heteroatoms. The number of nitrogens with one attached hydrogen (secondary N) is 1. The van der Waals surface area contributed by atoms with Gasteiger partial charge in [-0.1, -0.05) is 17.7 Å². The summed E-state index contributed by atoms with van der Waals surface area (Å²) in [7, 11) is 1.34. The average molecular weight is 386 g/mol. The number of halogens is 1. The van der Waals surface area contributed by atoms with Crippen molar-refractivity contribution < 1.29 is 14.3 Å². The Hall–Kier alpha value is -1.60. The predicted molar refractivity (Wildman–Crippen MR) is 103 cm³/mol. The number of hydrogen-bond acceptors (Lipinski definition) is 5. The first-order chi connectivity index (χ1) is 12.0. The molecule has 0 aromatic heterocycles. The van der Waals surface area contributed by atoms with E-state index in [9.17, 15) is 9.59 Å². The lowest BCUT2D eigenvalue weighted by Crippen LogP contribution is -2.55. The van der Waals surface area contributed by atoms with Crippen LogP contribution in [0.15, 0.2) is 24.3 Å². The zero-order chi connectivity index (χ0) is 18.2. The summed E-state index contributed by atoms with van der Waals surface area (Å²) in [6.45, 7) is 2.63. The first kappa shape index (κ1) is 19.7. The molecule has 1 aromatic carbocycles. The highest BCUT2D eigenvalue weighted by Gasteiger charge is 2.26. The third kappa shape index (κ3) is 5.71. The third-order valence-electron chi connectivity index (χ3n) is 4.13. The molecule has 1 aliphatic heterocycles. The van der Waals surface area contributed by atoms with Crippen LogP contribution in [0.2, 0.25) is 5.02 Å². The summed E-state index contributed by atoms with van der Waals surface area (Å²) in [5, 5.41) is 3.50. The van der Waals surface area contributed by atoms with E-state index in [-0.39, 0.29) is 6.03 Å². The van der Waals surface area contributed by atoms with Crippen LogP contribution in [0, 0.1) is 0 Å². The number of methoxy groups -OCH3 is 1. The molecule has 25 heavy (non-hydrogen) atoms. The molecule has 2 rings (SSSR count). The topological polar surface area (TPSA) is 61.9 Å². The average Bonchev–Trinajstić information content (AvgIpc) is 2.64. The highest BCUT2D eigenvalue weighted by molar-refractivity contribution is 7.98. The second-order valence-corrected chi connectivity index (χ2v) is 7.18. The van der Waals surface area contributed by atoms with Crippen molar-refractivity contribution in [2.45, 2.75) is 12.5 Å². The monoisotopic (exact) mass is 385 g/mol. The van der Waals surface area contributed by atoms with Crippen LogP contribution in [0.5, 0.6) is 0 Å². The van der Waals surface area contributed by atoms with E-state index in [1.807, 2.05) is 30.5 Å². The van der Waals surface area contributed by atoms with Crippen LogP contribution in [0.4, 0.5) is 10.5 Å². The van der Waals surface area contributed by atoms with Crippen LogP contribution in [-0.4, -0.2) is 68.2 Å². The largest absolute Gasteiger partial charge is 0.467 e. The summed E-state index contributed by atoms with van der Waals surface area (Å²) in [5.74, 6) is 0.378. The smallest absolute Gasteiger partial charge is 0.328 e. The number of thioether (sulfide) groups is 1. The van der Waals surface area contributed by atoms with Crippen molar-refractivity contribution in [1.29, 1.82) is 0 Å². The van der Waals surface area contributed by atoms with Gasteiger partial charge >= 0.3 is 12.0 Å². The number of carbonyl (C=O) groups is 2. The van der Waals surface area contributed by atoms with E-state index in [1.54, 1.807) is 16.7 Å². The van der Waals surface area contributed by atoms with Crippen molar-refractivity contribution in [3.63, 3.8) is 0 Å². The molecule has 1 saturated heterocycles. The number of rotatable bonds is 6. The van der Waals surface area contributed by atoms with Crippen LogP contribution >= 0.6 is 23.4 Å². The first-order valence-electron chi connectivity index (χ1n) is 8.18. The standard InChI is InChI=1S/C17H24ClN3O3S/c1-24-16(22)15(6-11-25-2)19-17(23)21-9-7-20(8-10-21)14-5-3-4-13(18)12-14/h3-5,12,15H,6-11H2,1-2H3,(H,19,23)/t15-/m1/s1. The Morgan fingerprint density at radius 2 is 2.04 bits per heavy atom. The molecule has 1 heterocycles. The summed E-state index contributed by atoms with van der Waals surface area (Å²) in [5.41, 5.74) is 1.06. The first-order valence-corrected chi connectivity index (χ1v) is 9.95. The van der Waals surface area contributed by atoms with Gasteiger partial charge in [-0.25, -0.2) is 9.59 Å². The normalized spacial score (nSPS) is 15.6. The minimum Gasteiger partial charge on any atom is -0.467 e. The molecule has 1 aliphatic rings. The van der Waals surface area contributed by atoms with Gasteiger partial charge in [-0.05, 0) is 36.6 Å². The molecular weight excluding hydrogens is 362 g/mol. The molecule has 6 nitrogen and oxygen atoms in total. The number of hydrogen-bond donors (Lipinski definition) is 1. The maximum absolute atomic E-state index is 12.4. The van der Waals surface area contributed by atoms with Gasteiger partial charge in [0.1, 0.15) is 6.04 Å². The zero-order valence-electron chi connectivity index (χ0n) is 14.5. The lowest BCUT2D eigenvalue weighted by atomic mass is 10.2. The number of amides is 2. The van der Waals surface area contributed by atoms with E-state index in [0.717, 1.165) is 24.5 Å². The van der Waals surface area contributed by atoms with Gasteiger partial charge in [0.15, 0.2) is 0 Å². The molecule has 1 N–H and O–H groups in total. The molecule has 0 saturated carbocycles. The van der Waals surface area contributed by atoms with E-state index >= 15 is 0 Å². The van der Waals surface area contributed by atoms with Crippen LogP contribution in [-0.2, 0) is 9.53 Å². The molecule has 1 aromatic rings. The molecular formula is C17H24ClN3O3S. The third-order valence-corrected chi connectivity index (χ3v) is 5.01. The van der Waals surface area contributed by atoms with E-state index in [1.165, 1.54) is 7.11 Å². The van der Waals surface area contributed by atoms with Gasteiger partial charge in [0.05, 0.1) is 7.11 Å². The van der Waals surface area contributed by atoms with E-state index in [0.29, 0.717) is 24.5 Å². The lowest BCUT2D eigenvalue weighted by molar-refractivity contribution is -0.142. The molecule has 1 fully saturated rings. The number of carbonyl (C=O) groups excluding carboxylic acids is 2. The fraction of sp³-hybridized carbons (Fsp3) is 0.529. The number of piperazine rings is 1. The molecule has 0 radical (unpaired) electrons. The molecule has 0 bridgehead atoms. The van der Waals surface area contributed by atoms with Crippen molar-refractivity contribution in [3.8, 4) is 0 Å². The maximum Gasteiger partial charge on any atom is 0.328 e. The molecule has 0 spiro atoms. The summed E-state index contributed by atoms with van der Waals surface area (Å²) in [6, 6.07) is 6.88. The second kappa shape index (κ2) is 9.77. The number of ether oxygens (including phenoxy) is 1. The van der Waals surface area contributed by atoms with Crippen molar-refractivity contribution in [3.05, 3.63) is 29.3 Å². The zero-order valence-corrected chi connectivity index (χ0v) is 16.1. The fourth-order valence-electron chi connectivity index (χ4n) is 2.71. The highest BCUT2D eigenvalue weighted by atomic mass is 35.5. The molecule has 0 aliphatic carbocycles. The lowest BCUT2D eigenvalue weighted by Gasteiger charge is -2.36. The molecule has 0 unspecified atom stereocenters. The van der Waals surface area contributed by atoms with Gasteiger partial charge in [-0.15, -0.1) is 0 Å². The van der Waals surface area contributed by atoms with Crippen LogP contribution in [0.3, 0.4) is 0 Å². The quantitative estimate of drug-likeness (QED) is 0.762. The number of nitrogens with zero attached hydrogens (tertiary/aromatic N) is 2. The summed E-state index contributed by atoms with van der Waals surface area (Å²) in [4.78, 5) is 28.2. The number of anilines is 1. The Bertz CT molecular complexity index is 594. The van der Waals surface area contributed by atoms with Gasteiger partial charge in [0.25, 0.3) is 0 Å². The van der Waals surface area contributed by atoms with E-state index in [4.69, 9.17) is 16.3 Å². The molecule has 138 valence electrons. The number of esters is 1. The van der Waals surface area contributed by atoms with Gasteiger partial charge in [-0.2, -0.15) is 11.8 Å². The van der Waals surface area contributed by atoms with Crippen molar-refractivity contribution in [2.75, 3.05) is 50.2 Å². The Morgan fingerprint density at radius 3 is 2.64 bits per heavy atom. The summed E-state index contributed by atoms with van der Waals surface area (Å²) in [6.07, 6.45) is 2.52. The second-order valence-electron chi connectivity index (χ2n) is 5.76. The maximum atomic E-state index is 12.4. The van der Waals surface area contributed by atoms with Gasteiger partial charge in [0.2, 0.25) is 0 Å². The number of benzene rings is 1. The Morgan fingerprint density at radius 1 is 1.32 bits per heavy atom. The minimum absolute atomic E-state index is 0.220. The minimum atomic E-state index is -0.601. The Kier molecular flexibility index (Phi) is 7.71. The van der Waals surface area contributed by atoms with Crippen LogP contribution in [0.1, 0.15) is 6.42 Å². The SMILES string of the molecule is COC(=O)[C@@H](CCSC)NC(=O)N1CCN(c2cccc(Cl)c2)CC1. The van der Waals surface area contributed by atoms with Crippen molar-refractivity contribution in [1.82, 2.24) is 10.2 Å². The van der Waals surface area contributed by atoms with E-state index in [2.05, 4.69) is 10.2 Å². The van der Waals surface area contributed by atoms with Gasteiger partial charge in [-0.3, -0.25) is 0 Å². The van der Waals surface area contributed by atoms with Gasteiger partial charge in [0, 0.05) is 36.9 Å². The van der Waals surface area contributed by atoms with Crippen molar-refractivity contribution in [2.24, 2.45) is 0 Å². The van der Waals surface area contributed by atoms with Crippen LogP contribution in [0.25, 0.3) is 0 Å². The fourth-order valence-corrected chi connectivity index (χ4v) is 3.36. The van der Waals surface area contributed by atoms with E-state index < -0.39 is 12.0 Å². The van der Waals surface area contributed by atoms with Gasteiger partial charge < -0.3 is 19.9 Å². The van der Waals surface area contributed by atoms with Crippen LogP contribution < -0.4 is 10.2 Å². The highest BCUT2D eigenvalue weighted by Crippen LogP contribution is 2.20. The number of urea groups is 1. The Labute approximate surface area is 157 Å². The predicted octanol–water partition coefficient (Wildman–Crippen LogP) is 2.47. The molecule has 1 atom stereocenters. The summed E-state index contributed by atoms with van der Waals surface area (Å²) < 4.78 is 4.78. The Balaban J connectivity index is 1.88. The molecule has 2 amide bonds. The summed E-state index contributed by atoms with van der Waals surface area (Å²) >= 11 is 7.67.